The minimum absolute atomic E-state index is 0.0132. The summed E-state index contributed by atoms with van der Waals surface area (Å²) in [7, 11) is 3.20. The first-order chi connectivity index (χ1) is 16.1. The van der Waals surface area contributed by atoms with Gasteiger partial charge in [0, 0.05) is 38.4 Å². The van der Waals surface area contributed by atoms with Crippen molar-refractivity contribution in [2.24, 2.45) is 5.92 Å². The highest BCUT2D eigenvalue weighted by Crippen LogP contribution is 2.28. The molecule has 33 heavy (non-hydrogen) atoms. The molecule has 2 heterocycles. The normalized spacial score (nSPS) is 15.5. The zero-order valence-corrected chi connectivity index (χ0v) is 18.9. The molecule has 1 aromatic heterocycles. The number of benzene rings is 2. The van der Waals surface area contributed by atoms with Crippen molar-refractivity contribution in [3.05, 3.63) is 72.1 Å². The van der Waals surface area contributed by atoms with Gasteiger partial charge in [-0.2, -0.15) is 5.10 Å². The van der Waals surface area contributed by atoms with Gasteiger partial charge in [-0.15, -0.1) is 0 Å². The predicted molar refractivity (Wildman–Crippen MR) is 123 cm³/mol. The summed E-state index contributed by atoms with van der Waals surface area (Å²) in [4.78, 5) is 26.9. The van der Waals surface area contributed by atoms with E-state index in [-0.39, 0.29) is 24.2 Å². The highest BCUT2D eigenvalue weighted by molar-refractivity contribution is 5.89. The Bertz CT molecular complexity index is 1100. The second kappa shape index (κ2) is 10.2. The van der Waals surface area contributed by atoms with Crippen LogP contribution in [-0.2, 0) is 22.6 Å². The molecular weight excluding hydrogens is 420 g/mol. The highest BCUT2D eigenvalue weighted by Gasteiger charge is 2.33. The number of hydrogen-bond acceptors (Lipinski definition) is 5. The number of aromatic nitrogens is 2. The number of methoxy groups -OCH3 is 2. The fraction of sp³-hybridized carbons (Fsp3) is 0.320. The SMILES string of the molecule is COc1ccc(CCN2CC(C(=O)NCc3ccc(-n4cccn4)cc3)CC2=O)cc1OC. The Morgan fingerprint density at radius 2 is 1.85 bits per heavy atom. The number of nitrogens with one attached hydrogen (secondary N) is 1. The Labute approximate surface area is 193 Å². The summed E-state index contributed by atoms with van der Waals surface area (Å²) < 4.78 is 12.4. The highest BCUT2D eigenvalue weighted by atomic mass is 16.5. The lowest BCUT2D eigenvalue weighted by molar-refractivity contribution is -0.129. The topological polar surface area (TPSA) is 85.7 Å². The molecule has 1 aliphatic heterocycles. The Morgan fingerprint density at radius 1 is 1.09 bits per heavy atom. The van der Waals surface area contributed by atoms with Crippen LogP contribution in [0.3, 0.4) is 0 Å². The van der Waals surface area contributed by atoms with Crippen molar-refractivity contribution in [1.29, 1.82) is 0 Å². The maximum Gasteiger partial charge on any atom is 0.225 e. The van der Waals surface area contributed by atoms with E-state index >= 15 is 0 Å². The van der Waals surface area contributed by atoms with Gasteiger partial charge >= 0.3 is 0 Å². The van der Waals surface area contributed by atoms with Crippen LogP contribution >= 0.6 is 0 Å². The number of nitrogens with zero attached hydrogens (tertiary/aromatic N) is 3. The molecule has 1 saturated heterocycles. The van der Waals surface area contributed by atoms with E-state index in [1.54, 1.807) is 30.0 Å². The molecule has 0 saturated carbocycles. The summed E-state index contributed by atoms with van der Waals surface area (Å²) in [5.74, 6) is 0.933. The molecule has 3 aromatic rings. The van der Waals surface area contributed by atoms with Crippen LogP contribution in [0.5, 0.6) is 11.5 Å². The molecule has 1 N–H and O–H groups in total. The van der Waals surface area contributed by atoms with Crippen molar-refractivity contribution >= 4 is 11.8 Å². The molecule has 2 amide bonds. The summed E-state index contributed by atoms with van der Waals surface area (Å²) in [5.41, 5.74) is 3.00. The van der Waals surface area contributed by atoms with Crippen LogP contribution in [0.4, 0.5) is 0 Å². The van der Waals surface area contributed by atoms with E-state index in [1.807, 2.05) is 54.7 Å². The number of rotatable bonds is 9. The third-order valence-electron chi connectivity index (χ3n) is 5.88. The number of carbonyl (C=O) groups excluding carboxylic acids is 2. The van der Waals surface area contributed by atoms with Gasteiger partial charge in [-0.05, 0) is 47.9 Å². The first kappa shape index (κ1) is 22.4. The number of ether oxygens (including phenoxy) is 2. The molecule has 0 aliphatic carbocycles. The van der Waals surface area contributed by atoms with E-state index in [0.29, 0.717) is 37.6 Å². The number of hydrogen-bond donors (Lipinski definition) is 1. The molecule has 0 spiro atoms. The quantitative estimate of drug-likeness (QED) is 0.544. The molecule has 1 aliphatic rings. The molecule has 2 aromatic carbocycles. The van der Waals surface area contributed by atoms with Crippen molar-refractivity contribution in [2.45, 2.75) is 19.4 Å². The van der Waals surface area contributed by atoms with E-state index < -0.39 is 0 Å². The molecule has 8 nitrogen and oxygen atoms in total. The lowest BCUT2D eigenvalue weighted by Gasteiger charge is -2.17. The predicted octanol–water partition coefficient (Wildman–Crippen LogP) is 2.60. The average molecular weight is 449 g/mol. The van der Waals surface area contributed by atoms with Gasteiger partial charge in [0.05, 0.1) is 25.8 Å². The first-order valence-electron chi connectivity index (χ1n) is 10.9. The van der Waals surface area contributed by atoms with Gasteiger partial charge in [0.25, 0.3) is 0 Å². The number of amides is 2. The number of likely N-dealkylation sites (tertiary alicyclic amines) is 1. The molecule has 0 bridgehead atoms. The molecule has 1 atom stereocenters. The Kier molecular flexibility index (Phi) is 6.92. The second-order valence-corrected chi connectivity index (χ2v) is 8.02. The van der Waals surface area contributed by atoms with Crippen LogP contribution in [-0.4, -0.2) is 53.8 Å². The van der Waals surface area contributed by atoms with Crippen LogP contribution in [0.2, 0.25) is 0 Å². The standard InChI is InChI=1S/C25H28N4O4/c1-32-22-9-6-18(14-23(22)33-2)10-13-28-17-20(15-24(28)30)25(31)26-16-19-4-7-21(8-5-19)29-12-3-11-27-29/h3-9,11-12,14,20H,10,13,15-17H2,1-2H3,(H,26,31). The van der Waals surface area contributed by atoms with Crippen molar-refractivity contribution in [2.75, 3.05) is 27.3 Å². The maximum absolute atomic E-state index is 12.7. The number of carbonyl (C=O) groups is 2. The van der Waals surface area contributed by atoms with E-state index in [0.717, 1.165) is 16.8 Å². The van der Waals surface area contributed by atoms with E-state index in [2.05, 4.69) is 10.4 Å². The molecule has 0 radical (unpaired) electrons. The van der Waals surface area contributed by atoms with Gasteiger partial charge < -0.3 is 19.7 Å². The third-order valence-corrected chi connectivity index (χ3v) is 5.88. The van der Waals surface area contributed by atoms with Crippen LogP contribution < -0.4 is 14.8 Å². The average Bonchev–Trinajstić information content (AvgIpc) is 3.51. The minimum Gasteiger partial charge on any atom is -0.493 e. The molecule has 4 rings (SSSR count). The van der Waals surface area contributed by atoms with Crippen LogP contribution in [0.15, 0.2) is 60.9 Å². The zero-order chi connectivity index (χ0) is 23.2. The maximum atomic E-state index is 12.7. The van der Waals surface area contributed by atoms with Crippen molar-refractivity contribution < 1.29 is 19.1 Å². The van der Waals surface area contributed by atoms with Gasteiger partial charge in [-0.25, -0.2) is 4.68 Å². The van der Waals surface area contributed by atoms with Crippen LogP contribution in [0.1, 0.15) is 17.5 Å². The molecule has 1 fully saturated rings. The van der Waals surface area contributed by atoms with Crippen LogP contribution in [0, 0.1) is 5.92 Å². The summed E-state index contributed by atoms with van der Waals surface area (Å²) in [6.45, 7) is 1.43. The van der Waals surface area contributed by atoms with Crippen molar-refractivity contribution in [1.82, 2.24) is 20.0 Å². The second-order valence-electron chi connectivity index (χ2n) is 8.02. The smallest absolute Gasteiger partial charge is 0.225 e. The molecule has 8 heteroatoms. The van der Waals surface area contributed by atoms with Crippen molar-refractivity contribution in [3.63, 3.8) is 0 Å². The largest absolute Gasteiger partial charge is 0.493 e. The fourth-order valence-electron chi connectivity index (χ4n) is 3.99. The summed E-state index contributed by atoms with van der Waals surface area (Å²) >= 11 is 0. The Balaban J connectivity index is 1.26. The lowest BCUT2D eigenvalue weighted by atomic mass is 10.1. The van der Waals surface area contributed by atoms with E-state index in [4.69, 9.17) is 9.47 Å². The van der Waals surface area contributed by atoms with Gasteiger partial charge in [-0.1, -0.05) is 18.2 Å². The van der Waals surface area contributed by atoms with Gasteiger partial charge in [0.15, 0.2) is 11.5 Å². The minimum atomic E-state index is -0.328. The van der Waals surface area contributed by atoms with Gasteiger partial charge in [0.1, 0.15) is 0 Å². The van der Waals surface area contributed by atoms with Gasteiger partial charge in [0.2, 0.25) is 11.8 Å². The van der Waals surface area contributed by atoms with Gasteiger partial charge in [-0.3, -0.25) is 9.59 Å². The molecule has 172 valence electrons. The van der Waals surface area contributed by atoms with E-state index in [1.165, 1.54) is 0 Å². The van der Waals surface area contributed by atoms with Crippen molar-refractivity contribution in [3.8, 4) is 17.2 Å². The van der Waals surface area contributed by atoms with E-state index in [9.17, 15) is 9.59 Å². The summed E-state index contributed by atoms with van der Waals surface area (Å²) in [6, 6.07) is 15.5. The molecular formula is C25H28N4O4. The zero-order valence-electron chi connectivity index (χ0n) is 18.9. The fourth-order valence-corrected chi connectivity index (χ4v) is 3.99. The Hall–Kier alpha value is -3.81. The summed E-state index contributed by atoms with van der Waals surface area (Å²) in [5, 5.41) is 7.17. The third kappa shape index (κ3) is 5.34. The van der Waals surface area contributed by atoms with Crippen LogP contribution in [0.25, 0.3) is 5.69 Å². The first-order valence-corrected chi connectivity index (χ1v) is 10.9. The lowest BCUT2D eigenvalue weighted by Crippen LogP contribution is -2.33. The summed E-state index contributed by atoms with van der Waals surface area (Å²) in [6.07, 6.45) is 4.54. The molecule has 1 unspecified atom stereocenters. The Morgan fingerprint density at radius 3 is 2.55 bits per heavy atom. The monoisotopic (exact) mass is 448 g/mol.